The lowest BCUT2D eigenvalue weighted by molar-refractivity contribution is -0.129. The van der Waals surface area contributed by atoms with Crippen LogP contribution in [0.2, 0.25) is 10.0 Å². The second kappa shape index (κ2) is 8.05. The number of nitrogens with zero attached hydrogens (tertiary/aromatic N) is 4. The highest BCUT2D eigenvalue weighted by atomic mass is 35.5. The number of carbonyl (C=O) groups is 1. The van der Waals surface area contributed by atoms with E-state index in [0.29, 0.717) is 27.1 Å². The lowest BCUT2D eigenvalue weighted by Crippen LogP contribution is -2.47. The Bertz CT molecular complexity index is 1330. The van der Waals surface area contributed by atoms with Gasteiger partial charge in [-0.25, -0.2) is 14.3 Å². The van der Waals surface area contributed by atoms with E-state index in [-0.39, 0.29) is 5.39 Å². The average molecular weight is 458 g/mol. The van der Waals surface area contributed by atoms with Gasteiger partial charge in [-0.2, -0.15) is 5.10 Å². The predicted molar refractivity (Wildman–Crippen MR) is 119 cm³/mol. The zero-order valence-electron chi connectivity index (χ0n) is 16.5. The van der Waals surface area contributed by atoms with Gasteiger partial charge < -0.3 is 4.74 Å². The minimum atomic E-state index is -1.27. The van der Waals surface area contributed by atoms with Gasteiger partial charge in [-0.15, -0.1) is 0 Å². The van der Waals surface area contributed by atoms with Crippen LogP contribution >= 0.6 is 23.2 Å². The highest BCUT2D eigenvalue weighted by Crippen LogP contribution is 2.21. The van der Waals surface area contributed by atoms with Crippen LogP contribution in [0.5, 0.6) is 5.75 Å². The minimum Gasteiger partial charge on any atom is -0.478 e. The molecule has 4 aromatic rings. The van der Waals surface area contributed by atoms with E-state index >= 15 is 0 Å². The van der Waals surface area contributed by atoms with Crippen molar-refractivity contribution in [2.24, 2.45) is 0 Å². The Hall–Kier alpha value is -3.36. The number of hydrogen-bond acceptors (Lipinski definition) is 5. The molecule has 31 heavy (non-hydrogen) atoms. The molecule has 158 valence electrons. The minimum absolute atomic E-state index is 0.235. The van der Waals surface area contributed by atoms with Gasteiger partial charge in [-0.05, 0) is 56.3 Å². The number of carbonyl (C=O) groups excluding carboxylic acids is 1. The molecular formula is C21H17Cl2N5O3. The van der Waals surface area contributed by atoms with Crippen molar-refractivity contribution < 1.29 is 9.53 Å². The second-order valence-electron chi connectivity index (χ2n) is 7.20. The first-order valence-electron chi connectivity index (χ1n) is 9.22. The number of fused-ring (bicyclic) bond motifs is 1. The van der Waals surface area contributed by atoms with Gasteiger partial charge in [-0.3, -0.25) is 15.0 Å². The van der Waals surface area contributed by atoms with Gasteiger partial charge in [-0.1, -0.05) is 29.3 Å². The molecule has 0 unspecified atom stereocenters. The van der Waals surface area contributed by atoms with E-state index < -0.39 is 17.1 Å². The summed E-state index contributed by atoms with van der Waals surface area (Å²) in [5.74, 6) is -0.0683. The molecule has 0 radical (unpaired) electrons. The van der Waals surface area contributed by atoms with E-state index in [2.05, 4.69) is 15.5 Å². The van der Waals surface area contributed by atoms with Gasteiger partial charge in [0.1, 0.15) is 17.5 Å². The number of rotatable bonds is 5. The Labute approximate surface area is 187 Å². The van der Waals surface area contributed by atoms with Crippen molar-refractivity contribution in [1.82, 2.24) is 19.4 Å². The molecule has 1 amide bonds. The third-order valence-corrected chi connectivity index (χ3v) is 4.98. The number of amides is 1. The molecule has 2 heterocycles. The van der Waals surface area contributed by atoms with Gasteiger partial charge in [0.05, 0.1) is 11.9 Å². The van der Waals surface area contributed by atoms with Crippen LogP contribution in [0, 0.1) is 0 Å². The summed E-state index contributed by atoms with van der Waals surface area (Å²) < 4.78 is 8.26. The van der Waals surface area contributed by atoms with E-state index in [1.54, 1.807) is 62.4 Å². The number of benzene rings is 2. The van der Waals surface area contributed by atoms with Crippen molar-refractivity contribution in [2.75, 3.05) is 5.43 Å². The van der Waals surface area contributed by atoms with Crippen LogP contribution < -0.4 is 15.7 Å². The largest absolute Gasteiger partial charge is 0.478 e. The molecule has 0 saturated heterocycles. The highest BCUT2D eigenvalue weighted by Gasteiger charge is 2.31. The van der Waals surface area contributed by atoms with Crippen LogP contribution in [-0.4, -0.2) is 30.9 Å². The number of ether oxygens (including phenoxy) is 1. The van der Waals surface area contributed by atoms with Crippen LogP contribution in [0.15, 0.2) is 65.8 Å². The Morgan fingerprint density at radius 3 is 2.55 bits per heavy atom. The molecule has 8 nitrogen and oxygen atoms in total. The predicted octanol–water partition coefficient (Wildman–Crippen LogP) is 3.82. The number of halogens is 2. The van der Waals surface area contributed by atoms with Crippen LogP contribution in [0.3, 0.4) is 0 Å². The molecule has 0 aliphatic rings. The van der Waals surface area contributed by atoms with Gasteiger partial charge in [0.15, 0.2) is 11.2 Å². The second-order valence-corrected chi connectivity index (χ2v) is 8.07. The molecule has 0 spiro atoms. The maximum absolute atomic E-state index is 12.9. The van der Waals surface area contributed by atoms with Gasteiger partial charge in [0.25, 0.3) is 11.5 Å². The summed E-state index contributed by atoms with van der Waals surface area (Å²) in [6.45, 7) is 3.18. The first-order valence-corrected chi connectivity index (χ1v) is 9.97. The third kappa shape index (κ3) is 4.26. The molecule has 0 fully saturated rings. The summed E-state index contributed by atoms with van der Waals surface area (Å²) in [5, 5.41) is 5.56. The Morgan fingerprint density at radius 2 is 1.84 bits per heavy atom. The van der Waals surface area contributed by atoms with Crippen molar-refractivity contribution in [1.29, 1.82) is 0 Å². The number of nitrogens with one attached hydrogen (secondary N) is 1. The van der Waals surface area contributed by atoms with Crippen molar-refractivity contribution in [3.8, 4) is 11.4 Å². The van der Waals surface area contributed by atoms with E-state index in [4.69, 9.17) is 27.9 Å². The first kappa shape index (κ1) is 20.9. The maximum Gasteiger partial charge on any atom is 0.283 e. The molecule has 4 rings (SSSR count). The summed E-state index contributed by atoms with van der Waals surface area (Å²) in [7, 11) is 0. The molecule has 0 saturated carbocycles. The lowest BCUT2D eigenvalue weighted by atomic mass is 10.1. The van der Waals surface area contributed by atoms with Crippen molar-refractivity contribution in [3.05, 3.63) is 81.5 Å². The Balaban J connectivity index is 1.60. The Morgan fingerprint density at radius 1 is 1.10 bits per heavy atom. The molecule has 10 heteroatoms. The van der Waals surface area contributed by atoms with Crippen molar-refractivity contribution >= 4 is 40.1 Å². The van der Waals surface area contributed by atoms with E-state index in [1.165, 1.54) is 17.2 Å². The number of aromatic nitrogens is 4. The van der Waals surface area contributed by atoms with Crippen LogP contribution in [0.4, 0.5) is 0 Å². The molecule has 1 N–H and O–H groups in total. The fourth-order valence-corrected chi connectivity index (χ4v) is 3.19. The summed E-state index contributed by atoms with van der Waals surface area (Å²) in [6, 6.07) is 13.6. The average Bonchev–Trinajstić information content (AvgIpc) is 3.16. The van der Waals surface area contributed by atoms with Gasteiger partial charge in [0.2, 0.25) is 0 Å². The summed E-state index contributed by atoms with van der Waals surface area (Å²) in [4.78, 5) is 29.9. The topological polar surface area (TPSA) is 91.0 Å². The normalized spacial score (nSPS) is 11.5. The van der Waals surface area contributed by atoms with Crippen molar-refractivity contribution in [2.45, 2.75) is 19.4 Å². The fourth-order valence-electron chi connectivity index (χ4n) is 2.88. The molecule has 0 aliphatic heterocycles. The SMILES string of the molecule is CC(C)(Oc1ccc(Cl)cc1)C(=O)Nn1cnc2c(cnn2-c2cccc(Cl)c2)c1=O. The molecule has 2 aromatic heterocycles. The zero-order valence-corrected chi connectivity index (χ0v) is 18.1. The zero-order chi connectivity index (χ0) is 22.2. The quantitative estimate of drug-likeness (QED) is 0.491. The lowest BCUT2D eigenvalue weighted by Gasteiger charge is -2.25. The van der Waals surface area contributed by atoms with E-state index in [0.717, 1.165) is 4.68 Å². The third-order valence-electron chi connectivity index (χ3n) is 4.50. The van der Waals surface area contributed by atoms with Crippen molar-refractivity contribution in [3.63, 3.8) is 0 Å². The van der Waals surface area contributed by atoms with Crippen LogP contribution in [0.1, 0.15) is 13.8 Å². The number of hydrogen-bond donors (Lipinski definition) is 1. The summed E-state index contributed by atoms with van der Waals surface area (Å²) in [6.07, 6.45) is 2.62. The highest BCUT2D eigenvalue weighted by molar-refractivity contribution is 6.31. The molecule has 0 atom stereocenters. The summed E-state index contributed by atoms with van der Waals surface area (Å²) in [5.41, 5.74) is 1.78. The molecule has 0 bridgehead atoms. The monoisotopic (exact) mass is 457 g/mol. The van der Waals surface area contributed by atoms with Gasteiger partial charge >= 0.3 is 0 Å². The maximum atomic E-state index is 12.9. The van der Waals surface area contributed by atoms with Crippen LogP contribution in [0.25, 0.3) is 16.7 Å². The molecule has 0 aliphatic carbocycles. The first-order chi connectivity index (χ1) is 14.7. The Kier molecular flexibility index (Phi) is 5.43. The van der Waals surface area contributed by atoms with E-state index in [1.807, 2.05) is 0 Å². The molecule has 2 aromatic carbocycles. The van der Waals surface area contributed by atoms with E-state index in [9.17, 15) is 9.59 Å². The standard InChI is InChI=1S/C21H17Cl2N5O3/c1-21(2,31-16-8-6-13(22)7-9-16)20(30)26-27-12-24-18-17(19(27)29)11-25-28(18)15-5-3-4-14(23)10-15/h3-12H,1-2H3,(H,26,30). The molecular weight excluding hydrogens is 441 g/mol. The summed E-state index contributed by atoms with van der Waals surface area (Å²) >= 11 is 11.9. The van der Waals surface area contributed by atoms with Gasteiger partial charge in [0, 0.05) is 10.0 Å². The smallest absolute Gasteiger partial charge is 0.283 e. The fraction of sp³-hybridized carbons (Fsp3) is 0.143. The van der Waals surface area contributed by atoms with Crippen LogP contribution in [-0.2, 0) is 4.79 Å².